The first kappa shape index (κ1) is 20.7. The highest BCUT2D eigenvalue weighted by molar-refractivity contribution is 6.49. The van der Waals surface area contributed by atoms with E-state index in [0.29, 0.717) is 5.92 Å². The van der Waals surface area contributed by atoms with Gasteiger partial charge in [-0.25, -0.2) is 0 Å². The number of rotatable bonds is 4. The monoisotopic (exact) mass is 366 g/mol. The van der Waals surface area contributed by atoms with Crippen molar-refractivity contribution in [2.75, 3.05) is 0 Å². The fraction of sp³-hybridized carbons (Fsp3) is 1.00. The predicted molar refractivity (Wildman–Crippen MR) is 104 cm³/mol. The summed E-state index contributed by atoms with van der Waals surface area (Å²) in [7, 11) is -1.09. The molecule has 2 aliphatic heterocycles. The second kappa shape index (κ2) is 6.77. The minimum Gasteiger partial charge on any atom is -0.402 e. The maximum Gasteiger partial charge on any atom is 0.640 e. The lowest BCUT2D eigenvalue weighted by atomic mass is 9.68. The van der Waals surface area contributed by atoms with E-state index in [1.54, 1.807) is 0 Å². The van der Waals surface area contributed by atoms with E-state index in [2.05, 4.69) is 27.7 Å². The van der Waals surface area contributed by atoms with Gasteiger partial charge in [-0.05, 0) is 74.1 Å². The Morgan fingerprint density at radius 1 is 0.692 bits per heavy atom. The van der Waals surface area contributed by atoms with E-state index in [9.17, 15) is 0 Å². The Labute approximate surface area is 160 Å². The molecule has 148 valence electrons. The lowest BCUT2D eigenvalue weighted by Gasteiger charge is -2.32. The Hall–Kier alpha value is -0.0701. The maximum atomic E-state index is 6.40. The smallest absolute Gasteiger partial charge is 0.402 e. The van der Waals surface area contributed by atoms with E-state index >= 15 is 0 Å². The van der Waals surface area contributed by atoms with Gasteiger partial charge in [0.05, 0.1) is 28.4 Å². The van der Waals surface area contributed by atoms with Gasteiger partial charge in [-0.15, -0.1) is 0 Å². The molecule has 0 N–H and O–H groups in total. The Kier molecular flexibility index (Phi) is 5.38. The SMILES string of the molecule is CC1(C)OB(OC(B2OC(C)(C)C(C)(C)O2)C2CCCCC2)OC1(C)C. The second-order valence-corrected chi connectivity index (χ2v) is 10.2. The van der Waals surface area contributed by atoms with Crippen LogP contribution in [-0.2, 0) is 23.3 Å². The predicted octanol–water partition coefficient (Wildman–Crippen LogP) is 4.17. The van der Waals surface area contributed by atoms with Gasteiger partial charge in [0.1, 0.15) is 0 Å². The fourth-order valence-electron chi connectivity index (χ4n) is 3.86. The molecule has 0 aromatic heterocycles. The summed E-state index contributed by atoms with van der Waals surface area (Å²) in [6, 6.07) is -0.189. The van der Waals surface area contributed by atoms with Crippen molar-refractivity contribution in [2.45, 2.75) is 116 Å². The van der Waals surface area contributed by atoms with Crippen molar-refractivity contribution in [1.82, 2.24) is 0 Å². The minimum atomic E-state index is -0.689. The van der Waals surface area contributed by atoms with Gasteiger partial charge in [-0.2, -0.15) is 0 Å². The molecule has 3 fully saturated rings. The molecule has 0 radical (unpaired) electrons. The van der Waals surface area contributed by atoms with E-state index in [0.717, 1.165) is 12.8 Å². The molecule has 3 aliphatic rings. The molecule has 5 nitrogen and oxygen atoms in total. The van der Waals surface area contributed by atoms with Crippen LogP contribution in [0.4, 0.5) is 0 Å². The van der Waals surface area contributed by atoms with Crippen LogP contribution in [0, 0.1) is 5.92 Å². The van der Waals surface area contributed by atoms with Crippen LogP contribution in [0.25, 0.3) is 0 Å². The summed E-state index contributed by atoms with van der Waals surface area (Å²) in [6.07, 6.45) is 6.02. The quantitative estimate of drug-likeness (QED) is 0.699. The molecule has 1 saturated carbocycles. The third kappa shape index (κ3) is 3.75. The van der Waals surface area contributed by atoms with Crippen LogP contribution in [-0.4, -0.2) is 42.8 Å². The molecule has 0 amide bonds. The minimum absolute atomic E-state index is 0.189. The number of hydrogen-bond acceptors (Lipinski definition) is 5. The molecule has 2 saturated heterocycles. The second-order valence-electron chi connectivity index (χ2n) is 10.2. The van der Waals surface area contributed by atoms with E-state index in [-0.39, 0.29) is 17.2 Å². The third-order valence-corrected chi connectivity index (χ3v) is 7.15. The zero-order chi connectivity index (χ0) is 19.4. The average Bonchev–Trinajstić information content (AvgIpc) is 2.85. The molecule has 2 heterocycles. The molecule has 0 bridgehead atoms. The first-order chi connectivity index (χ1) is 11.8. The Morgan fingerprint density at radius 2 is 1.12 bits per heavy atom. The van der Waals surface area contributed by atoms with Gasteiger partial charge in [-0.1, -0.05) is 19.3 Å². The highest BCUT2D eigenvalue weighted by atomic mass is 16.8. The standard InChI is InChI=1S/C19H36B2O5/c1-16(2)17(3,4)24-20(23-16)15(14-12-10-9-11-13-14)22-21-25-18(5,6)19(7,8)26-21/h14-15H,9-13H2,1-8H3. The molecule has 0 aromatic carbocycles. The lowest BCUT2D eigenvalue weighted by Crippen LogP contribution is -2.47. The van der Waals surface area contributed by atoms with Gasteiger partial charge in [0.15, 0.2) is 0 Å². The van der Waals surface area contributed by atoms with Crippen molar-refractivity contribution < 1.29 is 23.3 Å². The zero-order valence-corrected chi connectivity index (χ0v) is 17.9. The van der Waals surface area contributed by atoms with Gasteiger partial charge >= 0.3 is 14.4 Å². The molecule has 0 spiro atoms. The average molecular weight is 366 g/mol. The first-order valence-corrected chi connectivity index (χ1v) is 10.2. The molecular formula is C19H36B2O5. The van der Waals surface area contributed by atoms with Crippen LogP contribution >= 0.6 is 0 Å². The molecule has 1 atom stereocenters. The summed E-state index contributed by atoms with van der Waals surface area (Å²) >= 11 is 0. The van der Waals surface area contributed by atoms with Gasteiger partial charge < -0.3 is 23.3 Å². The van der Waals surface area contributed by atoms with Crippen LogP contribution in [0.2, 0.25) is 0 Å². The summed E-state index contributed by atoms with van der Waals surface area (Å²) in [5.74, 6) is 0.400. The summed E-state index contributed by atoms with van der Waals surface area (Å²) in [5, 5.41) is 0. The van der Waals surface area contributed by atoms with Gasteiger partial charge in [-0.3, -0.25) is 0 Å². The molecular weight excluding hydrogens is 330 g/mol. The molecule has 1 aliphatic carbocycles. The lowest BCUT2D eigenvalue weighted by molar-refractivity contribution is 0.00578. The largest absolute Gasteiger partial charge is 0.640 e. The van der Waals surface area contributed by atoms with Crippen LogP contribution < -0.4 is 0 Å². The molecule has 1 unspecified atom stereocenters. The van der Waals surface area contributed by atoms with Gasteiger partial charge in [0, 0.05) is 0 Å². The zero-order valence-electron chi connectivity index (χ0n) is 17.9. The molecule has 3 rings (SSSR count). The van der Waals surface area contributed by atoms with Crippen molar-refractivity contribution in [2.24, 2.45) is 5.92 Å². The first-order valence-electron chi connectivity index (χ1n) is 10.2. The van der Waals surface area contributed by atoms with Gasteiger partial charge in [0.25, 0.3) is 0 Å². The van der Waals surface area contributed by atoms with Gasteiger partial charge in [0.2, 0.25) is 0 Å². The normalized spacial score (nSPS) is 31.4. The number of hydrogen-bond donors (Lipinski definition) is 0. The van der Waals surface area contributed by atoms with Crippen LogP contribution in [0.15, 0.2) is 0 Å². The van der Waals surface area contributed by atoms with E-state index in [1.165, 1.54) is 19.3 Å². The Balaban J connectivity index is 1.77. The van der Waals surface area contributed by atoms with Crippen LogP contribution in [0.5, 0.6) is 0 Å². The van der Waals surface area contributed by atoms with Crippen molar-refractivity contribution in [3.05, 3.63) is 0 Å². The van der Waals surface area contributed by atoms with E-state index in [1.807, 2.05) is 27.7 Å². The highest BCUT2D eigenvalue weighted by Crippen LogP contribution is 2.43. The molecule has 26 heavy (non-hydrogen) atoms. The van der Waals surface area contributed by atoms with Crippen LogP contribution in [0.1, 0.15) is 87.5 Å². The van der Waals surface area contributed by atoms with Crippen molar-refractivity contribution >= 4 is 14.4 Å². The summed E-state index contributed by atoms with van der Waals surface area (Å²) in [6.45, 7) is 16.5. The fourth-order valence-corrected chi connectivity index (χ4v) is 3.86. The Morgan fingerprint density at radius 3 is 1.58 bits per heavy atom. The van der Waals surface area contributed by atoms with Crippen LogP contribution in [0.3, 0.4) is 0 Å². The van der Waals surface area contributed by atoms with E-state index < -0.39 is 25.6 Å². The van der Waals surface area contributed by atoms with Crippen molar-refractivity contribution in [3.63, 3.8) is 0 Å². The summed E-state index contributed by atoms with van der Waals surface area (Å²) in [5.41, 5.74) is -1.57. The van der Waals surface area contributed by atoms with Crippen molar-refractivity contribution in [1.29, 1.82) is 0 Å². The molecule has 7 heteroatoms. The van der Waals surface area contributed by atoms with E-state index in [4.69, 9.17) is 23.3 Å². The third-order valence-electron chi connectivity index (χ3n) is 7.15. The highest BCUT2D eigenvalue weighted by Gasteiger charge is 2.59. The van der Waals surface area contributed by atoms with Crippen molar-refractivity contribution in [3.8, 4) is 0 Å². The summed E-state index contributed by atoms with van der Waals surface area (Å²) < 4.78 is 31.3. The topological polar surface area (TPSA) is 46.2 Å². The maximum absolute atomic E-state index is 6.40. The Bertz CT molecular complexity index is 482. The molecule has 0 aromatic rings. The summed E-state index contributed by atoms with van der Waals surface area (Å²) in [4.78, 5) is 0.